The fourth-order valence-corrected chi connectivity index (χ4v) is 3.71. The second-order valence-corrected chi connectivity index (χ2v) is 7.24. The maximum Gasteiger partial charge on any atom is 0.127 e. The van der Waals surface area contributed by atoms with E-state index < -0.39 is 5.60 Å². The van der Waals surface area contributed by atoms with Crippen LogP contribution in [0.15, 0.2) is 84.9 Å². The highest BCUT2D eigenvalue weighted by molar-refractivity contribution is 5.34. The van der Waals surface area contributed by atoms with E-state index in [-0.39, 0.29) is 0 Å². The van der Waals surface area contributed by atoms with Crippen LogP contribution >= 0.6 is 0 Å². The van der Waals surface area contributed by atoms with E-state index >= 15 is 0 Å². The molecule has 1 fully saturated rings. The van der Waals surface area contributed by atoms with Gasteiger partial charge in [0.2, 0.25) is 0 Å². The van der Waals surface area contributed by atoms with E-state index in [4.69, 9.17) is 4.74 Å². The summed E-state index contributed by atoms with van der Waals surface area (Å²) in [7, 11) is 0. The number of ether oxygens (including phenoxy) is 1. The second kappa shape index (κ2) is 7.95. The minimum Gasteiger partial charge on any atom is -0.457 e. The lowest BCUT2D eigenvalue weighted by Crippen LogP contribution is -2.42. The molecule has 1 heterocycles. The first kappa shape index (κ1) is 17.8. The van der Waals surface area contributed by atoms with Crippen molar-refractivity contribution in [3.63, 3.8) is 0 Å². The Morgan fingerprint density at radius 3 is 2.11 bits per heavy atom. The molecule has 0 unspecified atom stereocenters. The standard InChI is InChI=1S/C24H25NO2/c26-24(21-9-3-1-4-10-21)14-16-25(17-15-24)19-20-8-7-13-23(18-20)27-22-11-5-2-6-12-22/h1-13,18,26H,14-17,19H2. The Bertz CT molecular complexity index is 856. The first-order valence-electron chi connectivity index (χ1n) is 9.53. The predicted octanol–water partition coefficient (Wildman–Crippen LogP) is 4.96. The molecule has 27 heavy (non-hydrogen) atoms. The maximum absolute atomic E-state index is 11.0. The van der Waals surface area contributed by atoms with Crippen molar-refractivity contribution in [3.05, 3.63) is 96.1 Å². The van der Waals surface area contributed by atoms with Crippen molar-refractivity contribution in [3.8, 4) is 11.5 Å². The summed E-state index contributed by atoms with van der Waals surface area (Å²) in [6, 6.07) is 28.2. The molecule has 1 N–H and O–H groups in total. The van der Waals surface area contributed by atoms with Crippen LogP contribution in [0.4, 0.5) is 0 Å². The molecular formula is C24H25NO2. The summed E-state index contributed by atoms with van der Waals surface area (Å²) in [5.74, 6) is 1.71. The van der Waals surface area contributed by atoms with Crippen molar-refractivity contribution in [2.24, 2.45) is 0 Å². The lowest BCUT2D eigenvalue weighted by molar-refractivity contribution is -0.0277. The van der Waals surface area contributed by atoms with Crippen LogP contribution in [-0.4, -0.2) is 23.1 Å². The van der Waals surface area contributed by atoms with Crippen LogP contribution in [-0.2, 0) is 12.1 Å². The van der Waals surface area contributed by atoms with Gasteiger partial charge in [0, 0.05) is 19.6 Å². The molecule has 4 rings (SSSR count). The van der Waals surface area contributed by atoms with Crippen LogP contribution in [0, 0.1) is 0 Å². The molecule has 3 nitrogen and oxygen atoms in total. The Balaban J connectivity index is 1.37. The number of piperidine rings is 1. The van der Waals surface area contributed by atoms with E-state index in [0.29, 0.717) is 0 Å². The average Bonchev–Trinajstić information content (AvgIpc) is 2.72. The van der Waals surface area contributed by atoms with Gasteiger partial charge in [0.25, 0.3) is 0 Å². The van der Waals surface area contributed by atoms with E-state index in [1.54, 1.807) is 0 Å². The third-order valence-corrected chi connectivity index (χ3v) is 5.28. The summed E-state index contributed by atoms with van der Waals surface area (Å²) in [5.41, 5.74) is 1.56. The number of benzene rings is 3. The molecule has 0 spiro atoms. The van der Waals surface area contributed by atoms with Gasteiger partial charge in [0.1, 0.15) is 11.5 Å². The first-order valence-corrected chi connectivity index (χ1v) is 9.53. The molecule has 0 bridgehead atoms. The SMILES string of the molecule is OC1(c2ccccc2)CCN(Cc2cccc(Oc3ccccc3)c2)CC1. The summed E-state index contributed by atoms with van der Waals surface area (Å²) < 4.78 is 5.94. The molecular weight excluding hydrogens is 334 g/mol. The van der Waals surface area contributed by atoms with Crippen molar-refractivity contribution in [1.29, 1.82) is 0 Å². The van der Waals surface area contributed by atoms with Gasteiger partial charge in [0.15, 0.2) is 0 Å². The van der Waals surface area contributed by atoms with Gasteiger partial charge in [-0.05, 0) is 48.2 Å². The van der Waals surface area contributed by atoms with Crippen molar-refractivity contribution in [2.45, 2.75) is 25.0 Å². The van der Waals surface area contributed by atoms with Crippen molar-refractivity contribution < 1.29 is 9.84 Å². The molecule has 0 aliphatic carbocycles. The third-order valence-electron chi connectivity index (χ3n) is 5.28. The molecule has 1 aliphatic rings. The van der Waals surface area contributed by atoms with E-state index in [2.05, 4.69) is 17.0 Å². The number of likely N-dealkylation sites (tertiary alicyclic amines) is 1. The smallest absolute Gasteiger partial charge is 0.127 e. The number of hydrogen-bond acceptors (Lipinski definition) is 3. The van der Waals surface area contributed by atoms with Gasteiger partial charge in [-0.1, -0.05) is 60.7 Å². The van der Waals surface area contributed by atoms with Gasteiger partial charge in [0.05, 0.1) is 5.60 Å². The van der Waals surface area contributed by atoms with Crippen LogP contribution < -0.4 is 4.74 Å². The molecule has 0 atom stereocenters. The van der Waals surface area contributed by atoms with Gasteiger partial charge < -0.3 is 9.84 Å². The fourth-order valence-electron chi connectivity index (χ4n) is 3.71. The zero-order chi connectivity index (χ0) is 18.5. The Morgan fingerprint density at radius 1 is 0.778 bits per heavy atom. The van der Waals surface area contributed by atoms with Crippen LogP contribution in [0.2, 0.25) is 0 Å². The van der Waals surface area contributed by atoms with Crippen molar-refractivity contribution in [1.82, 2.24) is 4.90 Å². The number of hydrogen-bond donors (Lipinski definition) is 1. The third kappa shape index (κ3) is 4.38. The molecule has 3 aromatic carbocycles. The molecule has 138 valence electrons. The number of para-hydroxylation sites is 1. The Kier molecular flexibility index (Phi) is 5.23. The number of aliphatic hydroxyl groups is 1. The topological polar surface area (TPSA) is 32.7 Å². The Labute approximate surface area is 160 Å². The van der Waals surface area contributed by atoms with Crippen LogP contribution in [0.3, 0.4) is 0 Å². The van der Waals surface area contributed by atoms with Gasteiger partial charge in [-0.2, -0.15) is 0 Å². The van der Waals surface area contributed by atoms with Gasteiger partial charge in [-0.25, -0.2) is 0 Å². The van der Waals surface area contributed by atoms with Crippen LogP contribution in [0.25, 0.3) is 0 Å². The highest BCUT2D eigenvalue weighted by Crippen LogP contribution is 2.33. The lowest BCUT2D eigenvalue weighted by atomic mass is 9.84. The van der Waals surface area contributed by atoms with Crippen LogP contribution in [0.5, 0.6) is 11.5 Å². The highest BCUT2D eigenvalue weighted by Gasteiger charge is 2.33. The zero-order valence-electron chi connectivity index (χ0n) is 15.4. The molecule has 0 aromatic heterocycles. The molecule has 1 aliphatic heterocycles. The molecule has 1 saturated heterocycles. The Hall–Kier alpha value is -2.62. The number of rotatable bonds is 5. The predicted molar refractivity (Wildman–Crippen MR) is 108 cm³/mol. The van der Waals surface area contributed by atoms with E-state index in [0.717, 1.165) is 49.5 Å². The molecule has 0 amide bonds. The fraction of sp³-hybridized carbons (Fsp3) is 0.250. The normalized spacial score (nSPS) is 16.8. The molecule has 0 radical (unpaired) electrons. The first-order chi connectivity index (χ1) is 13.2. The molecule has 3 heteroatoms. The van der Waals surface area contributed by atoms with E-state index in [9.17, 15) is 5.11 Å². The monoisotopic (exact) mass is 359 g/mol. The van der Waals surface area contributed by atoms with Crippen molar-refractivity contribution in [2.75, 3.05) is 13.1 Å². The minimum absolute atomic E-state index is 0.698. The van der Waals surface area contributed by atoms with Gasteiger partial charge >= 0.3 is 0 Å². The van der Waals surface area contributed by atoms with Gasteiger partial charge in [-0.15, -0.1) is 0 Å². The number of nitrogens with zero attached hydrogens (tertiary/aromatic N) is 1. The van der Waals surface area contributed by atoms with Crippen LogP contribution in [0.1, 0.15) is 24.0 Å². The lowest BCUT2D eigenvalue weighted by Gasteiger charge is -2.38. The maximum atomic E-state index is 11.0. The molecule has 3 aromatic rings. The zero-order valence-corrected chi connectivity index (χ0v) is 15.4. The quantitative estimate of drug-likeness (QED) is 0.699. The molecule has 0 saturated carbocycles. The summed E-state index contributed by atoms with van der Waals surface area (Å²) in [6.07, 6.45) is 1.52. The summed E-state index contributed by atoms with van der Waals surface area (Å²) in [6.45, 7) is 2.64. The van der Waals surface area contributed by atoms with E-state index in [1.165, 1.54) is 5.56 Å². The van der Waals surface area contributed by atoms with E-state index in [1.807, 2.05) is 72.8 Å². The largest absolute Gasteiger partial charge is 0.457 e. The second-order valence-electron chi connectivity index (χ2n) is 7.24. The highest BCUT2D eigenvalue weighted by atomic mass is 16.5. The summed E-state index contributed by atoms with van der Waals surface area (Å²) in [4.78, 5) is 2.40. The Morgan fingerprint density at radius 2 is 1.41 bits per heavy atom. The minimum atomic E-state index is -0.698. The average molecular weight is 359 g/mol. The van der Waals surface area contributed by atoms with Crippen molar-refractivity contribution >= 4 is 0 Å². The van der Waals surface area contributed by atoms with Gasteiger partial charge in [-0.3, -0.25) is 4.90 Å². The summed E-state index contributed by atoms with van der Waals surface area (Å²) >= 11 is 0. The summed E-state index contributed by atoms with van der Waals surface area (Å²) in [5, 5.41) is 11.0.